The Hall–Kier alpha value is -1.36. The van der Waals surface area contributed by atoms with Crippen LogP contribution in [0.2, 0.25) is 5.02 Å². The minimum Gasteiger partial charge on any atom is -0.506 e. The molecule has 2 N–H and O–H groups in total. The van der Waals surface area contributed by atoms with Crippen LogP contribution in [0.4, 0.5) is 8.78 Å². The molecule has 3 nitrogen and oxygen atoms in total. The largest absolute Gasteiger partial charge is 0.506 e. The first-order valence-electron chi connectivity index (χ1n) is 3.05. The van der Waals surface area contributed by atoms with Crippen molar-refractivity contribution >= 4 is 17.6 Å². The number of carboxylic acid groups (broad SMARTS) is 1. The molecule has 0 saturated heterocycles. The first kappa shape index (κ1) is 9.73. The van der Waals surface area contributed by atoms with E-state index in [1.807, 2.05) is 0 Å². The van der Waals surface area contributed by atoms with Crippen LogP contribution in [-0.4, -0.2) is 16.2 Å². The summed E-state index contributed by atoms with van der Waals surface area (Å²) in [6, 6.07) is 0.439. The third kappa shape index (κ3) is 1.55. The molecule has 0 amide bonds. The zero-order chi connectivity index (χ0) is 10.2. The van der Waals surface area contributed by atoms with E-state index in [0.717, 1.165) is 0 Å². The van der Waals surface area contributed by atoms with Crippen molar-refractivity contribution in [3.63, 3.8) is 0 Å². The number of aromatic hydroxyl groups is 1. The van der Waals surface area contributed by atoms with E-state index in [0.29, 0.717) is 6.07 Å². The number of phenols is 1. The van der Waals surface area contributed by atoms with Crippen LogP contribution in [0.15, 0.2) is 6.07 Å². The van der Waals surface area contributed by atoms with Crippen molar-refractivity contribution in [2.75, 3.05) is 0 Å². The highest BCUT2D eigenvalue weighted by Gasteiger charge is 2.21. The highest BCUT2D eigenvalue weighted by Crippen LogP contribution is 2.30. The molecule has 0 aliphatic heterocycles. The third-order valence-electron chi connectivity index (χ3n) is 1.35. The summed E-state index contributed by atoms with van der Waals surface area (Å²) in [6.07, 6.45) is 0. The fourth-order valence-corrected chi connectivity index (χ4v) is 0.928. The summed E-state index contributed by atoms with van der Waals surface area (Å²) < 4.78 is 25.6. The highest BCUT2D eigenvalue weighted by atomic mass is 35.5. The molecule has 0 fully saturated rings. The molecule has 0 saturated carbocycles. The average molecular weight is 209 g/mol. The van der Waals surface area contributed by atoms with Crippen LogP contribution in [0.1, 0.15) is 10.4 Å². The molecule has 1 aromatic rings. The van der Waals surface area contributed by atoms with Crippen LogP contribution in [-0.2, 0) is 0 Å². The lowest BCUT2D eigenvalue weighted by Gasteiger charge is -2.02. The minimum atomic E-state index is -1.78. The Bertz CT molecular complexity index is 378. The van der Waals surface area contributed by atoms with Gasteiger partial charge in [0.05, 0.1) is 0 Å². The van der Waals surface area contributed by atoms with Crippen molar-refractivity contribution in [2.24, 2.45) is 0 Å². The fourth-order valence-electron chi connectivity index (χ4n) is 0.779. The van der Waals surface area contributed by atoms with Crippen molar-refractivity contribution in [3.05, 3.63) is 28.3 Å². The molecule has 1 aromatic carbocycles. The SMILES string of the molecule is O=C(O)c1c(F)cc(O)c(Cl)c1F. The van der Waals surface area contributed by atoms with Gasteiger partial charge >= 0.3 is 5.97 Å². The Balaban J connectivity index is 3.53. The second kappa shape index (κ2) is 3.18. The molecule has 0 spiro atoms. The molecule has 0 bridgehead atoms. The number of carboxylic acids is 1. The smallest absolute Gasteiger partial charge is 0.341 e. The summed E-state index contributed by atoms with van der Waals surface area (Å²) in [5, 5.41) is 16.3. The lowest BCUT2D eigenvalue weighted by atomic mass is 10.2. The van der Waals surface area contributed by atoms with Crippen LogP contribution in [0, 0.1) is 11.6 Å². The van der Waals surface area contributed by atoms with E-state index in [-0.39, 0.29) is 0 Å². The molecule has 0 aliphatic rings. The standard InChI is InChI=1S/C7H3ClF2O3/c8-5-3(11)1-2(9)4(6(5)10)7(12)13/h1,11H,(H,12,13). The predicted octanol–water partition coefficient (Wildman–Crippen LogP) is 2.02. The Kier molecular flexibility index (Phi) is 2.38. The van der Waals surface area contributed by atoms with Crippen molar-refractivity contribution in [2.45, 2.75) is 0 Å². The zero-order valence-corrected chi connectivity index (χ0v) is 6.77. The van der Waals surface area contributed by atoms with Gasteiger partial charge in [-0.15, -0.1) is 0 Å². The van der Waals surface area contributed by atoms with Gasteiger partial charge in [0.25, 0.3) is 0 Å². The van der Waals surface area contributed by atoms with Gasteiger partial charge in [-0.1, -0.05) is 11.6 Å². The van der Waals surface area contributed by atoms with E-state index >= 15 is 0 Å². The van der Waals surface area contributed by atoms with E-state index in [1.54, 1.807) is 0 Å². The Morgan fingerprint density at radius 1 is 1.46 bits per heavy atom. The molecule has 0 heterocycles. The third-order valence-corrected chi connectivity index (χ3v) is 1.71. The Labute approximate surface area is 76.2 Å². The second-order valence-electron chi connectivity index (χ2n) is 2.19. The topological polar surface area (TPSA) is 57.5 Å². The number of halogens is 3. The molecule has 70 valence electrons. The van der Waals surface area contributed by atoms with Crippen molar-refractivity contribution in [1.29, 1.82) is 0 Å². The highest BCUT2D eigenvalue weighted by molar-refractivity contribution is 6.32. The van der Waals surface area contributed by atoms with Gasteiger partial charge in [-0.05, 0) is 0 Å². The molecule has 13 heavy (non-hydrogen) atoms. The van der Waals surface area contributed by atoms with Gasteiger partial charge in [-0.25, -0.2) is 13.6 Å². The Morgan fingerprint density at radius 2 is 2.00 bits per heavy atom. The van der Waals surface area contributed by atoms with Gasteiger partial charge in [-0.3, -0.25) is 0 Å². The molecule has 0 unspecified atom stereocenters. The first-order valence-corrected chi connectivity index (χ1v) is 3.42. The maximum atomic E-state index is 12.9. The summed E-state index contributed by atoms with van der Waals surface area (Å²) in [4.78, 5) is 10.3. The van der Waals surface area contributed by atoms with Crippen molar-refractivity contribution < 1.29 is 23.8 Å². The molecular formula is C7H3ClF2O3. The van der Waals surface area contributed by atoms with Crippen LogP contribution in [0.25, 0.3) is 0 Å². The quantitative estimate of drug-likeness (QED) is 0.695. The predicted molar refractivity (Wildman–Crippen MR) is 40.0 cm³/mol. The fraction of sp³-hybridized carbons (Fsp3) is 0. The number of aromatic carboxylic acids is 1. The van der Waals surface area contributed by atoms with Gasteiger partial charge in [0.1, 0.15) is 22.2 Å². The Morgan fingerprint density at radius 3 is 2.46 bits per heavy atom. The maximum Gasteiger partial charge on any atom is 0.341 e. The number of hydrogen-bond donors (Lipinski definition) is 2. The van der Waals surface area contributed by atoms with Gasteiger partial charge < -0.3 is 10.2 Å². The summed E-state index contributed by atoms with van der Waals surface area (Å²) in [7, 11) is 0. The molecule has 6 heteroatoms. The first-order chi connectivity index (χ1) is 5.95. The van der Waals surface area contributed by atoms with Gasteiger partial charge in [0, 0.05) is 6.07 Å². The van der Waals surface area contributed by atoms with Crippen molar-refractivity contribution in [3.8, 4) is 5.75 Å². The molecule has 0 radical (unpaired) electrons. The van der Waals surface area contributed by atoms with E-state index < -0.39 is 33.9 Å². The number of carbonyl (C=O) groups is 1. The van der Waals surface area contributed by atoms with E-state index in [9.17, 15) is 13.6 Å². The number of phenolic OH excluding ortho intramolecular Hbond substituents is 1. The molecule has 1 rings (SSSR count). The lowest BCUT2D eigenvalue weighted by Crippen LogP contribution is -2.04. The van der Waals surface area contributed by atoms with E-state index in [2.05, 4.69) is 0 Å². The maximum absolute atomic E-state index is 12.9. The van der Waals surface area contributed by atoms with Gasteiger partial charge in [0.15, 0.2) is 5.82 Å². The molecule has 0 aliphatic carbocycles. The summed E-state index contributed by atoms with van der Waals surface area (Å²) >= 11 is 5.14. The average Bonchev–Trinajstić information content (AvgIpc) is 1.99. The molecular weight excluding hydrogens is 206 g/mol. The summed E-state index contributed by atoms with van der Waals surface area (Å²) in [6.45, 7) is 0. The second-order valence-corrected chi connectivity index (χ2v) is 2.56. The van der Waals surface area contributed by atoms with E-state index in [1.165, 1.54) is 0 Å². The van der Waals surface area contributed by atoms with Crippen molar-refractivity contribution in [1.82, 2.24) is 0 Å². The molecule has 0 aromatic heterocycles. The van der Waals surface area contributed by atoms with Crippen LogP contribution >= 0.6 is 11.6 Å². The van der Waals surface area contributed by atoms with E-state index in [4.69, 9.17) is 21.8 Å². The normalized spacial score (nSPS) is 10.1. The zero-order valence-electron chi connectivity index (χ0n) is 6.01. The number of rotatable bonds is 1. The number of benzene rings is 1. The molecule has 0 atom stereocenters. The van der Waals surface area contributed by atoms with Crippen LogP contribution in [0.3, 0.4) is 0 Å². The minimum absolute atomic E-state index is 0.439. The monoisotopic (exact) mass is 208 g/mol. The number of hydrogen-bond acceptors (Lipinski definition) is 2. The van der Waals surface area contributed by atoms with Gasteiger partial charge in [-0.2, -0.15) is 0 Å². The van der Waals surface area contributed by atoms with Crippen LogP contribution in [0.5, 0.6) is 5.75 Å². The van der Waals surface area contributed by atoms with Crippen LogP contribution < -0.4 is 0 Å². The summed E-state index contributed by atoms with van der Waals surface area (Å²) in [5.41, 5.74) is -1.18. The lowest BCUT2D eigenvalue weighted by molar-refractivity contribution is 0.0686. The summed E-state index contributed by atoms with van der Waals surface area (Å²) in [5.74, 6) is -5.46. The van der Waals surface area contributed by atoms with Gasteiger partial charge in [0.2, 0.25) is 0 Å².